The van der Waals surface area contributed by atoms with Crippen LogP contribution in [0.2, 0.25) is 0 Å². The van der Waals surface area contributed by atoms with E-state index >= 15 is 0 Å². The molecule has 0 aliphatic rings. The first-order valence-corrected chi connectivity index (χ1v) is 16.7. The lowest BCUT2D eigenvalue weighted by Gasteiger charge is -2.18. The highest BCUT2D eigenvalue weighted by Crippen LogP contribution is 2.40. The Hall–Kier alpha value is -5.39. The van der Waals surface area contributed by atoms with Crippen molar-refractivity contribution in [3.05, 3.63) is 136 Å². The van der Waals surface area contributed by atoms with Gasteiger partial charge in [0.1, 0.15) is 16.0 Å². The Labute approximate surface area is 286 Å². The molecule has 0 radical (unpaired) electrons. The molecule has 4 aromatic carbocycles. The number of esters is 1. The van der Waals surface area contributed by atoms with E-state index in [1.54, 1.807) is 87.7 Å². The molecule has 3 amide bonds. The van der Waals surface area contributed by atoms with Gasteiger partial charge in [-0.2, -0.15) is 0 Å². The van der Waals surface area contributed by atoms with Crippen LogP contribution in [0.15, 0.2) is 114 Å². The Bertz CT molecular complexity index is 1910. The minimum Gasteiger partial charge on any atom is -0.497 e. The number of para-hydroxylation sites is 1. The van der Waals surface area contributed by atoms with Gasteiger partial charge in [0.25, 0.3) is 11.8 Å². The zero-order valence-electron chi connectivity index (χ0n) is 26.4. The summed E-state index contributed by atoms with van der Waals surface area (Å²) >= 11 is 2.30. The summed E-state index contributed by atoms with van der Waals surface area (Å²) in [5.74, 6) is -1.08. The van der Waals surface area contributed by atoms with Gasteiger partial charge in [-0.1, -0.05) is 54.6 Å². The third-order valence-electron chi connectivity index (χ3n) is 7.14. The number of carbonyl (C=O) groups is 4. The van der Waals surface area contributed by atoms with Crippen LogP contribution in [0.25, 0.3) is 0 Å². The van der Waals surface area contributed by atoms with E-state index in [2.05, 4.69) is 16.0 Å². The largest absolute Gasteiger partial charge is 0.497 e. The third-order valence-corrected chi connectivity index (χ3v) is 9.59. The van der Waals surface area contributed by atoms with Crippen molar-refractivity contribution in [3.8, 4) is 5.75 Å². The molecular weight excluding hydrogens is 647 g/mol. The summed E-state index contributed by atoms with van der Waals surface area (Å²) in [5.41, 5.74) is 2.89. The van der Waals surface area contributed by atoms with Gasteiger partial charge in [0.2, 0.25) is 5.91 Å². The van der Waals surface area contributed by atoms with Gasteiger partial charge >= 0.3 is 5.97 Å². The molecule has 5 rings (SSSR count). The van der Waals surface area contributed by atoms with Gasteiger partial charge in [-0.05, 0) is 79.6 Å². The van der Waals surface area contributed by atoms with E-state index in [1.165, 1.54) is 11.8 Å². The molecule has 1 atom stereocenters. The number of thioether (sulfide) groups is 1. The van der Waals surface area contributed by atoms with Crippen LogP contribution in [0, 0.1) is 6.92 Å². The zero-order chi connectivity index (χ0) is 34.0. The molecule has 1 heterocycles. The normalized spacial score (nSPS) is 11.2. The number of rotatable bonds is 12. The number of thiophene rings is 1. The maximum atomic E-state index is 14.1. The molecule has 1 aromatic heterocycles. The topological polar surface area (TPSA) is 123 Å². The second kappa shape index (κ2) is 15.9. The summed E-state index contributed by atoms with van der Waals surface area (Å²) in [5, 5.41) is 8.14. The van der Waals surface area contributed by atoms with E-state index in [-0.39, 0.29) is 28.0 Å². The number of methoxy groups -OCH3 is 1. The smallest absolute Gasteiger partial charge is 0.341 e. The number of ether oxygens (including phenoxy) is 2. The predicted molar refractivity (Wildman–Crippen MR) is 190 cm³/mol. The molecule has 1 unspecified atom stereocenters. The number of hydrogen-bond acceptors (Lipinski definition) is 8. The van der Waals surface area contributed by atoms with Crippen LogP contribution in [0.1, 0.15) is 53.7 Å². The fourth-order valence-electron chi connectivity index (χ4n) is 4.78. The molecule has 244 valence electrons. The van der Waals surface area contributed by atoms with Crippen molar-refractivity contribution in [1.29, 1.82) is 0 Å². The fourth-order valence-corrected chi connectivity index (χ4v) is 6.96. The molecule has 0 spiro atoms. The Balaban J connectivity index is 1.41. The van der Waals surface area contributed by atoms with Gasteiger partial charge in [0.15, 0.2) is 0 Å². The molecule has 5 aromatic rings. The third kappa shape index (κ3) is 8.30. The van der Waals surface area contributed by atoms with Crippen LogP contribution in [-0.4, -0.2) is 37.4 Å². The Morgan fingerprint density at radius 1 is 0.771 bits per heavy atom. The molecule has 0 aliphatic heterocycles. The Kier molecular flexibility index (Phi) is 11.3. The molecule has 48 heavy (non-hydrogen) atoms. The minimum absolute atomic E-state index is 0.126. The van der Waals surface area contributed by atoms with Crippen LogP contribution < -0.4 is 20.7 Å². The molecule has 0 aliphatic carbocycles. The minimum atomic E-state index is -0.752. The Morgan fingerprint density at radius 2 is 1.42 bits per heavy atom. The van der Waals surface area contributed by atoms with Gasteiger partial charge in [-0.25, -0.2) is 4.79 Å². The van der Waals surface area contributed by atoms with Crippen LogP contribution in [0.5, 0.6) is 5.75 Å². The van der Waals surface area contributed by atoms with E-state index in [1.807, 2.05) is 42.5 Å². The lowest BCUT2D eigenvalue weighted by molar-refractivity contribution is -0.115. The molecule has 11 heteroatoms. The first kappa shape index (κ1) is 34.0. The number of anilines is 3. The van der Waals surface area contributed by atoms with Crippen molar-refractivity contribution >= 4 is 63.2 Å². The van der Waals surface area contributed by atoms with E-state index in [0.29, 0.717) is 28.3 Å². The average Bonchev–Trinajstić information content (AvgIpc) is 3.43. The predicted octanol–water partition coefficient (Wildman–Crippen LogP) is 8.22. The number of benzene rings is 4. The second-order valence-electron chi connectivity index (χ2n) is 10.4. The average molecular weight is 680 g/mol. The first-order valence-electron chi connectivity index (χ1n) is 15.0. The quantitative estimate of drug-likeness (QED) is 0.0897. The van der Waals surface area contributed by atoms with Crippen molar-refractivity contribution in [2.75, 3.05) is 29.7 Å². The summed E-state index contributed by atoms with van der Waals surface area (Å²) in [4.78, 5) is 54.4. The summed E-state index contributed by atoms with van der Waals surface area (Å²) in [6.07, 6.45) is 0. The van der Waals surface area contributed by atoms with Gasteiger partial charge in [-0.3, -0.25) is 14.4 Å². The summed E-state index contributed by atoms with van der Waals surface area (Å²) in [6.45, 7) is 3.48. The SMILES string of the molecule is CCOC(=O)c1c(NC(=O)C(Sc2cccc(NC(=O)c3ccc(OC)cc3)c2)c2ccccc2)sc(C(=O)Nc2ccccc2)c1C. The molecule has 3 N–H and O–H groups in total. The van der Waals surface area contributed by atoms with Crippen LogP contribution in [-0.2, 0) is 9.53 Å². The lowest BCUT2D eigenvalue weighted by atomic mass is 10.1. The van der Waals surface area contributed by atoms with Gasteiger partial charge in [0, 0.05) is 21.8 Å². The van der Waals surface area contributed by atoms with E-state index < -0.39 is 23.0 Å². The van der Waals surface area contributed by atoms with Crippen molar-refractivity contribution in [2.24, 2.45) is 0 Å². The highest BCUT2D eigenvalue weighted by Gasteiger charge is 2.30. The van der Waals surface area contributed by atoms with Gasteiger partial charge in [0.05, 0.1) is 24.2 Å². The fraction of sp³-hybridized carbons (Fsp3) is 0.135. The van der Waals surface area contributed by atoms with Crippen molar-refractivity contribution in [2.45, 2.75) is 24.0 Å². The number of hydrogen-bond donors (Lipinski definition) is 3. The molecule has 9 nitrogen and oxygen atoms in total. The van der Waals surface area contributed by atoms with Crippen molar-refractivity contribution in [1.82, 2.24) is 0 Å². The lowest BCUT2D eigenvalue weighted by Crippen LogP contribution is -2.20. The monoisotopic (exact) mass is 679 g/mol. The van der Waals surface area contributed by atoms with Crippen molar-refractivity contribution < 1.29 is 28.7 Å². The molecular formula is C37H33N3O6S2. The molecule has 0 fully saturated rings. The number of carbonyl (C=O) groups excluding carboxylic acids is 4. The zero-order valence-corrected chi connectivity index (χ0v) is 28.1. The van der Waals surface area contributed by atoms with E-state index in [4.69, 9.17) is 9.47 Å². The highest BCUT2D eigenvalue weighted by atomic mass is 32.2. The van der Waals surface area contributed by atoms with Crippen LogP contribution in [0.4, 0.5) is 16.4 Å². The van der Waals surface area contributed by atoms with Crippen LogP contribution in [0.3, 0.4) is 0 Å². The summed E-state index contributed by atoms with van der Waals surface area (Å²) < 4.78 is 10.5. The maximum Gasteiger partial charge on any atom is 0.341 e. The number of nitrogens with one attached hydrogen (secondary N) is 3. The second-order valence-corrected chi connectivity index (χ2v) is 12.6. The molecule has 0 bridgehead atoms. The highest BCUT2D eigenvalue weighted by molar-refractivity contribution is 8.00. The summed E-state index contributed by atoms with van der Waals surface area (Å²) in [6, 6.07) is 32.2. The van der Waals surface area contributed by atoms with Crippen LogP contribution >= 0.6 is 23.1 Å². The first-order chi connectivity index (χ1) is 23.3. The van der Waals surface area contributed by atoms with Crippen molar-refractivity contribution in [3.63, 3.8) is 0 Å². The van der Waals surface area contributed by atoms with E-state index in [9.17, 15) is 19.2 Å². The number of amides is 3. The summed E-state index contributed by atoms with van der Waals surface area (Å²) in [7, 11) is 1.56. The van der Waals surface area contributed by atoms with Gasteiger partial charge < -0.3 is 25.4 Å². The molecule has 0 saturated heterocycles. The van der Waals surface area contributed by atoms with Gasteiger partial charge in [-0.15, -0.1) is 23.1 Å². The Morgan fingerprint density at radius 3 is 2.08 bits per heavy atom. The standard InChI is InChI=1S/C37H33N3O6S2/c1-4-46-37(44)30-23(2)31(34(42)38-26-14-9-6-10-15-26)48-36(30)40-35(43)32(24-12-7-5-8-13-24)47-29-17-11-16-27(22-29)39-33(41)25-18-20-28(45-3)21-19-25/h5-22,32H,4H2,1-3H3,(H,38,42)(H,39,41)(H,40,43). The molecule has 0 saturated carbocycles. The maximum absolute atomic E-state index is 14.1. The van der Waals surface area contributed by atoms with E-state index in [0.717, 1.165) is 21.8 Å².